The zero-order chi connectivity index (χ0) is 43.0. The van der Waals surface area contributed by atoms with E-state index in [2.05, 4.69) is 117 Å². The number of benzene rings is 6. The van der Waals surface area contributed by atoms with Crippen LogP contribution < -0.4 is 0 Å². The van der Waals surface area contributed by atoms with Crippen molar-refractivity contribution in [3.05, 3.63) is 174 Å². The highest BCUT2D eigenvalue weighted by molar-refractivity contribution is 8.26. The van der Waals surface area contributed by atoms with Gasteiger partial charge < -0.3 is 5.11 Å². The molecular formula is C42H41Cl5O8S3. The summed E-state index contributed by atoms with van der Waals surface area (Å²) in [7, 11) is 3.09. The van der Waals surface area contributed by atoms with Crippen molar-refractivity contribution in [1.82, 2.24) is 0 Å². The number of hydrogen-bond acceptors (Lipinski definition) is 6. The molecule has 0 bridgehead atoms. The van der Waals surface area contributed by atoms with Crippen LogP contribution in [0.2, 0.25) is 0 Å². The Balaban J connectivity index is 0.000000273. The van der Waals surface area contributed by atoms with Crippen LogP contribution in [0.3, 0.4) is 0 Å². The fourth-order valence-electron chi connectivity index (χ4n) is 5.02. The molecule has 0 aliphatic heterocycles. The lowest BCUT2D eigenvalue weighted by atomic mass is 10.0. The molecule has 0 saturated heterocycles. The Morgan fingerprint density at radius 2 is 0.690 bits per heavy atom. The zero-order valence-corrected chi connectivity index (χ0v) is 37.0. The lowest BCUT2D eigenvalue weighted by molar-refractivity contribution is 0.299. The first-order chi connectivity index (χ1) is 27.5. The van der Waals surface area contributed by atoms with Gasteiger partial charge in [0.2, 0.25) is 9.23 Å². The van der Waals surface area contributed by atoms with Gasteiger partial charge in [-0.2, -0.15) is 16.8 Å². The number of rotatable bonds is 10. The maximum Gasteiger partial charge on any atom is 0.353 e. The molecule has 6 rings (SSSR count). The molecule has 0 fully saturated rings. The molecule has 0 aromatic heterocycles. The lowest BCUT2D eigenvalue weighted by Gasteiger charge is -2.04. The van der Waals surface area contributed by atoms with Gasteiger partial charge in [0, 0.05) is 50.4 Å². The normalized spacial score (nSPS) is 10.6. The summed E-state index contributed by atoms with van der Waals surface area (Å²) in [5.41, 5.74) is 10.5. The minimum atomic E-state index is -4.19. The summed E-state index contributed by atoms with van der Waals surface area (Å²) in [5, 5.41) is 8.81. The van der Waals surface area contributed by atoms with Crippen molar-refractivity contribution in [3.8, 4) is 33.4 Å². The van der Waals surface area contributed by atoms with Crippen molar-refractivity contribution in [2.45, 2.75) is 24.2 Å². The number of aryl methyl sites for hydroxylation is 2. The van der Waals surface area contributed by atoms with E-state index in [0.717, 1.165) is 36.0 Å². The summed E-state index contributed by atoms with van der Waals surface area (Å²) in [6.45, 7) is 0.213. The molecule has 3 N–H and O–H groups in total. The van der Waals surface area contributed by atoms with Crippen LogP contribution in [0.1, 0.15) is 16.7 Å². The first kappa shape index (κ1) is 50.8. The molecule has 0 radical (unpaired) electrons. The summed E-state index contributed by atoms with van der Waals surface area (Å²) < 4.78 is 65.0. The van der Waals surface area contributed by atoms with Gasteiger partial charge in [0.1, 0.15) is 0 Å². The maximum absolute atomic E-state index is 10.9. The third kappa shape index (κ3) is 22.2. The Bertz CT molecular complexity index is 2190. The quantitative estimate of drug-likeness (QED) is 0.0699. The maximum atomic E-state index is 10.9. The first-order valence-corrected chi connectivity index (χ1v) is 24.7. The standard InChI is InChI=1S/C14H13ClO3S.C14H13Cl.C14H14O.Cl2OS.ClHO3S/c15-10-9-11-1-3-12(4-2-11)13-5-7-14(8-6-13)19(16,17)18;2*15-11-10-12-6-8-14(9-7-12)13-4-2-1-3-5-13;1-4(2)3;1-5(2,3)4/h1-8H,9-10H2,(H,16,17,18);1-9H,10-11H2;1-9,15H,10-11H2;;(H,2,3,4). The molecule has 0 atom stereocenters. The average molecular weight is 947 g/mol. The molecule has 0 amide bonds. The molecule has 6 aromatic carbocycles. The van der Waals surface area contributed by atoms with Gasteiger partial charge in [-0.3, -0.25) is 9.11 Å². The molecule has 0 spiro atoms. The number of alkyl halides is 2. The van der Waals surface area contributed by atoms with E-state index in [1.807, 2.05) is 48.5 Å². The Hall–Kier alpha value is -3.30. The van der Waals surface area contributed by atoms with E-state index in [0.29, 0.717) is 11.8 Å². The molecule has 6 aromatic rings. The van der Waals surface area contributed by atoms with Crippen LogP contribution in [0, 0.1) is 0 Å². The highest BCUT2D eigenvalue weighted by Crippen LogP contribution is 2.23. The largest absolute Gasteiger partial charge is 0.396 e. The van der Waals surface area contributed by atoms with E-state index in [9.17, 15) is 8.42 Å². The summed E-state index contributed by atoms with van der Waals surface area (Å²) >= 11 is 11.4. The van der Waals surface area contributed by atoms with E-state index in [1.165, 1.54) is 45.5 Å². The van der Waals surface area contributed by atoms with Crippen LogP contribution >= 0.6 is 55.2 Å². The molecule has 0 saturated carbocycles. The zero-order valence-electron chi connectivity index (χ0n) is 30.8. The van der Waals surface area contributed by atoms with Crippen molar-refractivity contribution >= 4 is 83.9 Å². The molecule has 58 heavy (non-hydrogen) atoms. The van der Waals surface area contributed by atoms with Crippen LogP contribution in [-0.4, -0.2) is 53.6 Å². The van der Waals surface area contributed by atoms with Crippen LogP contribution in [0.15, 0.2) is 163 Å². The van der Waals surface area contributed by atoms with Crippen molar-refractivity contribution < 1.29 is 35.3 Å². The Morgan fingerprint density at radius 3 is 0.931 bits per heavy atom. The SMILES string of the molecule is ClCCc1ccc(-c2ccccc2)cc1.O=S(=O)(O)Cl.O=S(=O)(O)c1ccc(-c2ccc(CCCl)cc2)cc1.O=S(Cl)Cl.OCCc1ccc(-c2ccccc2)cc1. The minimum absolute atomic E-state index is 0.102. The number of halogens is 5. The van der Waals surface area contributed by atoms with Crippen LogP contribution in [-0.2, 0) is 47.9 Å². The fraction of sp³-hybridized carbons (Fsp3) is 0.143. The fourth-order valence-corrected chi connectivity index (χ4v) is 5.94. The van der Waals surface area contributed by atoms with E-state index in [1.54, 1.807) is 12.1 Å². The molecule has 0 aliphatic carbocycles. The van der Waals surface area contributed by atoms with E-state index in [-0.39, 0.29) is 11.5 Å². The predicted molar refractivity (Wildman–Crippen MR) is 242 cm³/mol. The molecule has 16 heteroatoms. The molecule has 0 unspecified atom stereocenters. The van der Waals surface area contributed by atoms with Crippen molar-refractivity contribution in [2.75, 3.05) is 18.4 Å². The van der Waals surface area contributed by atoms with E-state index < -0.39 is 28.7 Å². The second-order valence-electron chi connectivity index (χ2n) is 11.8. The Kier molecular flexibility index (Phi) is 24.1. The van der Waals surface area contributed by atoms with Gasteiger partial charge in [-0.05, 0) is 81.5 Å². The topological polar surface area (TPSA) is 146 Å². The number of hydrogen-bond donors (Lipinski definition) is 3. The van der Waals surface area contributed by atoms with Crippen molar-refractivity contribution in [1.29, 1.82) is 0 Å². The summed E-state index contributed by atoms with van der Waals surface area (Å²) in [6.07, 6.45) is 2.50. The predicted octanol–water partition coefficient (Wildman–Crippen LogP) is 11.5. The van der Waals surface area contributed by atoms with E-state index >= 15 is 0 Å². The summed E-state index contributed by atoms with van der Waals surface area (Å²) in [5.74, 6) is 1.27. The third-order valence-electron chi connectivity index (χ3n) is 7.73. The first-order valence-electron chi connectivity index (χ1n) is 17.1. The third-order valence-corrected chi connectivity index (χ3v) is 8.97. The average Bonchev–Trinajstić information content (AvgIpc) is 3.19. The van der Waals surface area contributed by atoms with Crippen molar-refractivity contribution in [3.63, 3.8) is 0 Å². The summed E-state index contributed by atoms with van der Waals surface area (Å²) in [6, 6.07) is 51.6. The van der Waals surface area contributed by atoms with Gasteiger partial charge in [0.05, 0.1) is 4.90 Å². The molecule has 310 valence electrons. The monoisotopic (exact) mass is 944 g/mol. The minimum Gasteiger partial charge on any atom is -0.396 e. The molecular weight excluding hydrogens is 906 g/mol. The van der Waals surface area contributed by atoms with Gasteiger partial charge in [0.15, 0.2) is 0 Å². The van der Waals surface area contributed by atoms with Gasteiger partial charge in [-0.15, -0.1) is 23.2 Å². The van der Waals surface area contributed by atoms with E-state index in [4.69, 9.17) is 50.0 Å². The van der Waals surface area contributed by atoms with Gasteiger partial charge >= 0.3 is 9.33 Å². The number of aliphatic hydroxyl groups is 1. The second kappa shape index (κ2) is 27.5. The van der Waals surface area contributed by atoms with Crippen molar-refractivity contribution in [2.24, 2.45) is 0 Å². The molecule has 0 heterocycles. The highest BCUT2D eigenvalue weighted by Gasteiger charge is 2.09. The van der Waals surface area contributed by atoms with Crippen LogP contribution in [0.25, 0.3) is 33.4 Å². The smallest absolute Gasteiger partial charge is 0.353 e. The van der Waals surface area contributed by atoms with Crippen LogP contribution in [0.4, 0.5) is 0 Å². The second-order valence-corrected chi connectivity index (χ2v) is 18.5. The van der Waals surface area contributed by atoms with Gasteiger partial charge in [-0.1, -0.05) is 146 Å². The van der Waals surface area contributed by atoms with Gasteiger partial charge in [-0.25, -0.2) is 4.21 Å². The highest BCUT2D eigenvalue weighted by atomic mass is 36.0. The number of aliphatic hydroxyl groups excluding tert-OH is 1. The Morgan fingerprint density at radius 1 is 0.448 bits per heavy atom. The Labute approximate surface area is 366 Å². The van der Waals surface area contributed by atoms with Gasteiger partial charge in [0.25, 0.3) is 10.1 Å². The summed E-state index contributed by atoms with van der Waals surface area (Å²) in [4.78, 5) is -0.102. The molecule has 0 aliphatic rings. The molecule has 8 nitrogen and oxygen atoms in total. The van der Waals surface area contributed by atoms with Crippen LogP contribution in [0.5, 0.6) is 0 Å². The lowest BCUT2D eigenvalue weighted by Crippen LogP contribution is -1.97.